The number of hydrogen-bond donors (Lipinski definition) is 0. The smallest absolute Gasteiger partial charge is 0.294 e. The fourth-order valence-electron chi connectivity index (χ4n) is 3.38. The van der Waals surface area contributed by atoms with Gasteiger partial charge in [0.25, 0.3) is 0 Å². The van der Waals surface area contributed by atoms with Crippen molar-refractivity contribution < 1.29 is 48.7 Å². The van der Waals surface area contributed by atoms with E-state index in [0.29, 0.717) is 36.0 Å². The van der Waals surface area contributed by atoms with E-state index < -0.39 is 80.9 Å². The lowest BCUT2D eigenvalue weighted by Crippen LogP contribution is -2.19. The van der Waals surface area contributed by atoms with E-state index in [9.17, 15) is 48.7 Å². The molecule has 2 atom stereocenters. The van der Waals surface area contributed by atoms with Gasteiger partial charge in [-0.15, -0.1) is 0 Å². The molecular formula is C24H18Cl2F10OS. The van der Waals surface area contributed by atoms with Crippen molar-refractivity contribution in [2.45, 2.75) is 37.8 Å². The van der Waals surface area contributed by atoms with Crippen LogP contribution in [0, 0.1) is 11.7 Å². The Hall–Kier alpha value is -1.92. The summed E-state index contributed by atoms with van der Waals surface area (Å²) < 4.78 is 133. The zero-order valence-corrected chi connectivity index (χ0v) is 21.5. The lowest BCUT2D eigenvalue weighted by molar-refractivity contribution is -0.139. The molecule has 1 nitrogen and oxygen atoms in total. The highest BCUT2D eigenvalue weighted by Crippen LogP contribution is 2.40. The number of halogens is 12. The summed E-state index contributed by atoms with van der Waals surface area (Å²) in [6, 6.07) is 3.68. The largest absolute Gasteiger partial charge is 0.417 e. The molecule has 0 radical (unpaired) electrons. The van der Waals surface area contributed by atoms with Crippen molar-refractivity contribution in [3.05, 3.63) is 74.5 Å². The number of benzene rings is 2. The Morgan fingerprint density at radius 3 is 2.05 bits per heavy atom. The molecule has 0 saturated heterocycles. The summed E-state index contributed by atoms with van der Waals surface area (Å²) in [5, 5.41) is -1.35. The van der Waals surface area contributed by atoms with Crippen molar-refractivity contribution in [1.82, 2.24) is 0 Å². The average Bonchev–Trinajstić information content (AvgIpc) is 2.74. The van der Waals surface area contributed by atoms with E-state index in [1.54, 1.807) is 0 Å². The molecule has 0 aliphatic carbocycles. The molecule has 0 N–H and O–H groups in total. The maximum atomic E-state index is 13.7. The molecule has 0 spiro atoms. The van der Waals surface area contributed by atoms with Crippen LogP contribution in [0.5, 0.6) is 0 Å². The Kier molecular flexibility index (Phi) is 10.6. The lowest BCUT2D eigenvalue weighted by Gasteiger charge is -2.18. The van der Waals surface area contributed by atoms with Crippen LogP contribution in [0.15, 0.2) is 36.4 Å². The highest BCUT2D eigenvalue weighted by molar-refractivity contribution is 7.99. The first-order chi connectivity index (χ1) is 17.3. The Morgan fingerprint density at radius 1 is 0.974 bits per heavy atom. The maximum absolute atomic E-state index is 13.7. The second-order valence-corrected chi connectivity index (χ2v) is 10.2. The minimum absolute atomic E-state index is 0.121. The van der Waals surface area contributed by atoms with Gasteiger partial charge in [0.1, 0.15) is 0 Å². The van der Waals surface area contributed by atoms with Crippen molar-refractivity contribution in [2.24, 2.45) is 5.92 Å². The SMILES string of the molecule is C[C@H](CSCC(F)(F)F)CC(=O)c1ccc(/C=C/C(c2cc(Cl)c(F)c(Cl)c2)C(F)(F)F)cc1C(F)(F)F. The van der Waals surface area contributed by atoms with Crippen molar-refractivity contribution in [3.63, 3.8) is 0 Å². The standard InChI is InChI=1S/C24H18Cl2F10OS/c1-12(10-38-11-22(28,29)30)6-20(37)15-4-2-13(7-17(15)24(34,35)36)3-5-16(23(31,32)33)14-8-18(25)21(27)19(26)9-14/h2-5,7-9,12,16H,6,10-11H2,1H3/b5-3+/t12-,16?/m0/s1. The van der Waals surface area contributed by atoms with Gasteiger partial charge >= 0.3 is 18.5 Å². The number of hydrogen-bond acceptors (Lipinski definition) is 2. The van der Waals surface area contributed by atoms with E-state index >= 15 is 0 Å². The first kappa shape index (κ1) is 32.3. The van der Waals surface area contributed by atoms with Crippen LogP contribution in [0.1, 0.15) is 46.3 Å². The fourth-order valence-corrected chi connectivity index (χ4v) is 4.75. The van der Waals surface area contributed by atoms with Crippen LogP contribution in [0.3, 0.4) is 0 Å². The molecule has 0 amide bonds. The normalized spacial score (nSPS) is 14.7. The molecule has 2 rings (SSSR count). The summed E-state index contributed by atoms with van der Waals surface area (Å²) in [4.78, 5) is 12.5. The van der Waals surface area contributed by atoms with Crippen LogP contribution in [0.25, 0.3) is 6.08 Å². The Morgan fingerprint density at radius 2 is 1.55 bits per heavy atom. The van der Waals surface area contributed by atoms with Crippen LogP contribution in [0.4, 0.5) is 43.9 Å². The van der Waals surface area contributed by atoms with Gasteiger partial charge in [-0.3, -0.25) is 4.79 Å². The Bertz CT molecular complexity index is 1150. The average molecular weight is 615 g/mol. The number of carbonyl (C=O) groups excluding carboxylic acids is 1. The first-order valence-corrected chi connectivity index (χ1v) is 12.5. The molecule has 0 bridgehead atoms. The van der Waals surface area contributed by atoms with E-state index in [1.165, 1.54) is 6.92 Å². The Labute approximate surface area is 225 Å². The fraction of sp³-hybridized carbons (Fsp3) is 0.375. The van der Waals surface area contributed by atoms with Crippen LogP contribution in [-0.2, 0) is 6.18 Å². The number of alkyl halides is 9. The number of thioether (sulfide) groups is 1. The minimum Gasteiger partial charge on any atom is -0.294 e. The van der Waals surface area contributed by atoms with Gasteiger partial charge in [0, 0.05) is 12.0 Å². The third-order valence-corrected chi connectivity index (χ3v) is 6.94. The number of rotatable bonds is 9. The van der Waals surface area contributed by atoms with Gasteiger partial charge < -0.3 is 0 Å². The summed E-state index contributed by atoms with van der Waals surface area (Å²) >= 11 is 11.6. The second kappa shape index (κ2) is 12.5. The monoisotopic (exact) mass is 614 g/mol. The van der Waals surface area contributed by atoms with Gasteiger partial charge in [0.2, 0.25) is 0 Å². The molecule has 2 aromatic rings. The summed E-state index contributed by atoms with van der Waals surface area (Å²) in [6.07, 6.45) is -13.6. The van der Waals surface area contributed by atoms with Crippen LogP contribution in [-0.4, -0.2) is 29.6 Å². The highest BCUT2D eigenvalue weighted by atomic mass is 35.5. The van der Waals surface area contributed by atoms with Gasteiger partial charge in [-0.2, -0.15) is 51.3 Å². The molecule has 0 saturated carbocycles. The van der Waals surface area contributed by atoms with Gasteiger partial charge in [0.15, 0.2) is 11.6 Å². The van der Waals surface area contributed by atoms with E-state index in [2.05, 4.69) is 0 Å². The number of allylic oxidation sites excluding steroid dienone is 1. The van der Waals surface area contributed by atoms with Gasteiger partial charge in [0.05, 0.1) is 27.3 Å². The Balaban J connectivity index is 2.34. The summed E-state index contributed by atoms with van der Waals surface area (Å²) in [5.41, 5.74) is -3.04. The molecule has 0 aliphatic heterocycles. The van der Waals surface area contributed by atoms with Crippen LogP contribution < -0.4 is 0 Å². The molecular weight excluding hydrogens is 597 g/mol. The number of Topliss-reactive ketones (excluding diaryl/α,β-unsaturated/α-hetero) is 1. The molecule has 38 heavy (non-hydrogen) atoms. The van der Waals surface area contributed by atoms with E-state index in [4.69, 9.17) is 23.2 Å². The summed E-state index contributed by atoms with van der Waals surface area (Å²) in [6.45, 7) is 1.41. The van der Waals surface area contributed by atoms with Crippen molar-refractivity contribution in [3.8, 4) is 0 Å². The first-order valence-electron chi connectivity index (χ1n) is 10.6. The molecule has 2 aromatic carbocycles. The van der Waals surface area contributed by atoms with E-state index in [0.717, 1.165) is 18.2 Å². The van der Waals surface area contributed by atoms with Gasteiger partial charge in [-0.1, -0.05) is 54.4 Å². The quantitative estimate of drug-likeness (QED) is 0.159. The topological polar surface area (TPSA) is 17.1 Å². The molecule has 1 unspecified atom stereocenters. The van der Waals surface area contributed by atoms with Crippen LogP contribution in [0.2, 0.25) is 10.0 Å². The van der Waals surface area contributed by atoms with E-state index in [-0.39, 0.29) is 11.3 Å². The van der Waals surface area contributed by atoms with Crippen molar-refractivity contribution in [2.75, 3.05) is 11.5 Å². The second-order valence-electron chi connectivity index (χ2n) is 8.34. The molecule has 0 fully saturated rings. The summed E-state index contributed by atoms with van der Waals surface area (Å²) in [7, 11) is 0. The maximum Gasteiger partial charge on any atom is 0.417 e. The third-order valence-electron chi connectivity index (χ3n) is 5.05. The molecule has 0 aromatic heterocycles. The number of ketones is 1. The highest BCUT2D eigenvalue weighted by Gasteiger charge is 2.40. The molecule has 0 heterocycles. The van der Waals surface area contributed by atoms with Crippen molar-refractivity contribution >= 4 is 46.8 Å². The van der Waals surface area contributed by atoms with Crippen LogP contribution >= 0.6 is 35.0 Å². The van der Waals surface area contributed by atoms with Gasteiger partial charge in [-0.25, -0.2) is 4.39 Å². The van der Waals surface area contributed by atoms with Crippen molar-refractivity contribution in [1.29, 1.82) is 0 Å². The molecule has 14 heteroatoms. The zero-order valence-electron chi connectivity index (χ0n) is 19.2. The predicted molar refractivity (Wildman–Crippen MR) is 127 cm³/mol. The summed E-state index contributed by atoms with van der Waals surface area (Å²) in [5.74, 6) is -6.47. The number of carbonyl (C=O) groups is 1. The predicted octanol–water partition coefficient (Wildman–Crippen LogP) is 10.0. The lowest BCUT2D eigenvalue weighted by atomic mass is 9.93. The molecule has 210 valence electrons. The van der Waals surface area contributed by atoms with E-state index in [1.807, 2.05) is 0 Å². The third kappa shape index (κ3) is 9.37. The minimum atomic E-state index is -5.05. The van der Waals surface area contributed by atoms with Gasteiger partial charge in [-0.05, 0) is 41.0 Å². The zero-order chi connectivity index (χ0) is 29.1. The molecule has 0 aliphatic rings.